The highest BCUT2D eigenvalue weighted by Crippen LogP contribution is 2.39. The molecule has 2 heterocycles. The number of nitrogens with one attached hydrogen (secondary N) is 1. The molecular weight excluding hydrogens is 326 g/mol. The number of hydrogen-bond donors (Lipinski definition) is 1. The third kappa shape index (κ3) is 2.93. The molecule has 4 rings (SSSR count). The van der Waals surface area contributed by atoms with Gasteiger partial charge in [0.15, 0.2) is 0 Å². The van der Waals surface area contributed by atoms with E-state index in [0.717, 1.165) is 34.6 Å². The molecule has 0 radical (unpaired) electrons. The lowest BCUT2D eigenvalue weighted by molar-refractivity contribution is 0.509. The van der Waals surface area contributed by atoms with E-state index in [1.54, 1.807) is 6.33 Å². The molecule has 5 heteroatoms. The Balaban J connectivity index is 1.66. The summed E-state index contributed by atoms with van der Waals surface area (Å²) in [6, 6.07) is 7.92. The van der Waals surface area contributed by atoms with Crippen LogP contribution in [0.4, 0.5) is 5.82 Å². The third-order valence-corrected chi connectivity index (χ3v) is 5.88. The van der Waals surface area contributed by atoms with Gasteiger partial charge in [-0.1, -0.05) is 30.7 Å². The van der Waals surface area contributed by atoms with E-state index in [0.29, 0.717) is 0 Å². The average Bonchev–Trinajstić information content (AvgIpc) is 2.92. The van der Waals surface area contributed by atoms with Gasteiger partial charge in [0.25, 0.3) is 0 Å². The number of fused-ring (bicyclic) bond motifs is 3. The summed E-state index contributed by atoms with van der Waals surface area (Å²) >= 11 is 7.78. The molecule has 1 aliphatic rings. The molecule has 0 aliphatic heterocycles. The van der Waals surface area contributed by atoms with Crippen molar-refractivity contribution in [2.75, 3.05) is 5.32 Å². The van der Waals surface area contributed by atoms with Crippen molar-refractivity contribution in [1.29, 1.82) is 0 Å². The van der Waals surface area contributed by atoms with Gasteiger partial charge in [-0.05, 0) is 48.4 Å². The van der Waals surface area contributed by atoms with Crippen LogP contribution >= 0.6 is 22.9 Å². The number of hydrogen-bond acceptors (Lipinski definition) is 4. The number of rotatable bonds is 3. The van der Waals surface area contributed by atoms with Crippen LogP contribution in [0.2, 0.25) is 5.02 Å². The standard InChI is InChI=1S/C18H18ClN3S/c1-11-2-7-14-15(8-11)23-18-16(14)17(21-10-22-18)20-9-12-3-5-13(19)6-4-12/h3-6,10-11H,2,7-9H2,1H3,(H,20,21,22)/t11-/m1/s1. The van der Waals surface area contributed by atoms with Crippen LogP contribution in [0.1, 0.15) is 29.3 Å². The Labute approximate surface area is 144 Å². The van der Waals surface area contributed by atoms with Crippen molar-refractivity contribution in [1.82, 2.24) is 9.97 Å². The van der Waals surface area contributed by atoms with Gasteiger partial charge >= 0.3 is 0 Å². The lowest BCUT2D eigenvalue weighted by Gasteiger charge is -2.18. The van der Waals surface area contributed by atoms with Gasteiger partial charge in [0.05, 0.1) is 5.39 Å². The van der Waals surface area contributed by atoms with Crippen molar-refractivity contribution >= 4 is 39.0 Å². The number of thiophene rings is 1. The van der Waals surface area contributed by atoms with Crippen LogP contribution in [0, 0.1) is 5.92 Å². The lowest BCUT2D eigenvalue weighted by atomic mass is 9.89. The quantitative estimate of drug-likeness (QED) is 0.720. The van der Waals surface area contributed by atoms with Gasteiger partial charge in [-0.15, -0.1) is 11.3 Å². The number of nitrogens with zero attached hydrogens (tertiary/aromatic N) is 2. The van der Waals surface area contributed by atoms with Crippen molar-refractivity contribution in [2.45, 2.75) is 32.7 Å². The van der Waals surface area contributed by atoms with E-state index in [1.165, 1.54) is 34.2 Å². The van der Waals surface area contributed by atoms with Gasteiger partial charge in [-0.3, -0.25) is 0 Å². The topological polar surface area (TPSA) is 37.8 Å². The second-order valence-corrected chi connectivity index (χ2v) is 7.75. The lowest BCUT2D eigenvalue weighted by Crippen LogP contribution is -2.09. The second-order valence-electron chi connectivity index (χ2n) is 6.23. The highest BCUT2D eigenvalue weighted by molar-refractivity contribution is 7.19. The maximum Gasteiger partial charge on any atom is 0.138 e. The molecular formula is C18H18ClN3S. The first-order valence-corrected chi connectivity index (χ1v) is 9.13. The molecule has 1 atom stereocenters. The molecule has 118 valence electrons. The smallest absolute Gasteiger partial charge is 0.138 e. The van der Waals surface area contributed by atoms with E-state index in [-0.39, 0.29) is 0 Å². The van der Waals surface area contributed by atoms with Gasteiger partial charge in [-0.2, -0.15) is 0 Å². The summed E-state index contributed by atoms with van der Waals surface area (Å²) in [6.45, 7) is 3.07. The Hall–Kier alpha value is -1.65. The summed E-state index contributed by atoms with van der Waals surface area (Å²) in [5.74, 6) is 1.73. The maximum absolute atomic E-state index is 5.94. The van der Waals surface area contributed by atoms with Crippen LogP contribution in [0.25, 0.3) is 10.2 Å². The maximum atomic E-state index is 5.94. The molecule has 2 aromatic heterocycles. The summed E-state index contributed by atoms with van der Waals surface area (Å²) in [5.41, 5.74) is 2.65. The molecule has 0 amide bonds. The molecule has 0 saturated carbocycles. The molecule has 1 aromatic carbocycles. The number of anilines is 1. The summed E-state index contributed by atoms with van der Waals surface area (Å²) < 4.78 is 0. The molecule has 0 fully saturated rings. The van der Waals surface area contributed by atoms with Crippen molar-refractivity contribution in [3.63, 3.8) is 0 Å². The van der Waals surface area contributed by atoms with Crippen LogP contribution in [-0.2, 0) is 19.4 Å². The normalized spacial score (nSPS) is 17.2. The summed E-state index contributed by atoms with van der Waals surface area (Å²) in [5, 5.41) is 5.48. The number of halogens is 1. The van der Waals surface area contributed by atoms with Crippen molar-refractivity contribution in [3.05, 3.63) is 51.6 Å². The highest BCUT2D eigenvalue weighted by Gasteiger charge is 2.22. The van der Waals surface area contributed by atoms with E-state index in [4.69, 9.17) is 11.6 Å². The summed E-state index contributed by atoms with van der Waals surface area (Å²) in [4.78, 5) is 11.6. The fourth-order valence-corrected chi connectivity index (χ4v) is 4.67. The van der Waals surface area contributed by atoms with Crippen LogP contribution in [0.5, 0.6) is 0 Å². The molecule has 0 unspecified atom stereocenters. The zero-order valence-electron chi connectivity index (χ0n) is 13.0. The molecule has 3 aromatic rings. The summed E-state index contributed by atoms with van der Waals surface area (Å²) in [6.07, 6.45) is 5.23. The monoisotopic (exact) mass is 343 g/mol. The van der Waals surface area contributed by atoms with E-state index >= 15 is 0 Å². The Bertz CT molecular complexity index is 841. The van der Waals surface area contributed by atoms with Gasteiger partial charge in [0.2, 0.25) is 0 Å². The molecule has 1 aliphatic carbocycles. The Morgan fingerprint density at radius 3 is 2.91 bits per heavy atom. The second kappa shape index (κ2) is 6.10. The first-order chi connectivity index (χ1) is 11.2. The van der Waals surface area contributed by atoms with E-state index in [1.807, 2.05) is 35.6 Å². The number of aryl methyl sites for hydroxylation is 1. The van der Waals surface area contributed by atoms with Crippen LogP contribution < -0.4 is 5.32 Å². The molecule has 3 nitrogen and oxygen atoms in total. The predicted octanol–water partition coefficient (Wildman–Crippen LogP) is 5.08. The minimum Gasteiger partial charge on any atom is -0.365 e. The fraction of sp³-hybridized carbons (Fsp3) is 0.333. The van der Waals surface area contributed by atoms with Crippen molar-refractivity contribution < 1.29 is 0 Å². The fourth-order valence-electron chi connectivity index (χ4n) is 3.20. The zero-order chi connectivity index (χ0) is 15.8. The zero-order valence-corrected chi connectivity index (χ0v) is 14.5. The van der Waals surface area contributed by atoms with Gasteiger partial charge in [0.1, 0.15) is 17.0 Å². The Morgan fingerprint density at radius 1 is 1.26 bits per heavy atom. The minimum absolute atomic E-state index is 0.740. The molecule has 0 bridgehead atoms. The molecule has 1 N–H and O–H groups in total. The van der Waals surface area contributed by atoms with Crippen LogP contribution in [0.15, 0.2) is 30.6 Å². The van der Waals surface area contributed by atoms with Gasteiger partial charge < -0.3 is 5.32 Å². The number of aromatic nitrogens is 2. The van der Waals surface area contributed by atoms with Crippen molar-refractivity contribution in [2.24, 2.45) is 5.92 Å². The molecule has 0 saturated heterocycles. The minimum atomic E-state index is 0.740. The Morgan fingerprint density at radius 2 is 2.09 bits per heavy atom. The van der Waals surface area contributed by atoms with Gasteiger partial charge in [0, 0.05) is 16.4 Å². The Kier molecular flexibility index (Phi) is 3.95. The largest absolute Gasteiger partial charge is 0.365 e. The van der Waals surface area contributed by atoms with Crippen molar-refractivity contribution in [3.8, 4) is 0 Å². The molecule has 23 heavy (non-hydrogen) atoms. The van der Waals surface area contributed by atoms with Crippen LogP contribution in [0.3, 0.4) is 0 Å². The molecule has 0 spiro atoms. The predicted molar refractivity (Wildman–Crippen MR) is 97.4 cm³/mol. The average molecular weight is 344 g/mol. The van der Waals surface area contributed by atoms with E-state index < -0.39 is 0 Å². The van der Waals surface area contributed by atoms with Gasteiger partial charge in [-0.25, -0.2) is 9.97 Å². The van der Waals surface area contributed by atoms with Crippen LogP contribution in [-0.4, -0.2) is 9.97 Å². The first-order valence-electron chi connectivity index (χ1n) is 7.94. The summed E-state index contributed by atoms with van der Waals surface area (Å²) in [7, 11) is 0. The number of benzene rings is 1. The van der Waals surface area contributed by atoms with E-state index in [2.05, 4.69) is 22.2 Å². The first kappa shape index (κ1) is 14.9. The SMILES string of the molecule is C[C@@H]1CCc2c(sc3ncnc(NCc4ccc(Cl)cc4)c23)C1. The third-order valence-electron chi connectivity index (χ3n) is 4.46. The highest BCUT2D eigenvalue weighted by atomic mass is 35.5. The van der Waals surface area contributed by atoms with E-state index in [9.17, 15) is 0 Å².